The number of hydrogen-bond donors (Lipinski definition) is 0. The molecule has 0 aliphatic carbocycles. The van der Waals surface area contributed by atoms with Crippen LogP contribution in [0.1, 0.15) is 13.8 Å². The first-order valence-electron chi connectivity index (χ1n) is 2.41. The number of rotatable bonds is 2. The molecule has 0 unspecified atom stereocenters. The summed E-state index contributed by atoms with van der Waals surface area (Å²) in [7, 11) is 0. The van der Waals surface area contributed by atoms with Crippen molar-refractivity contribution in [2.45, 2.75) is 13.8 Å². The second kappa shape index (κ2) is 2.84. The van der Waals surface area contributed by atoms with Crippen molar-refractivity contribution >= 4 is 25.6 Å². The Kier molecular flexibility index (Phi) is 3.11. The van der Waals surface area contributed by atoms with Crippen molar-refractivity contribution in [2.24, 2.45) is 0 Å². The smallest absolute Gasteiger partial charge is 0.0434 e. The molecule has 0 saturated heterocycles. The van der Waals surface area contributed by atoms with Gasteiger partial charge in [0.25, 0.3) is 0 Å². The Hall–Kier alpha value is 0.660. The SMILES string of the molecule is CC[N+]([S-])([S-])CC. The average molecular weight is 136 g/mol. The number of quaternary nitrogens is 1. The van der Waals surface area contributed by atoms with E-state index in [1.165, 1.54) is 0 Å². The van der Waals surface area contributed by atoms with Crippen molar-refractivity contribution in [3.63, 3.8) is 0 Å². The van der Waals surface area contributed by atoms with Crippen LogP contribution in [-0.4, -0.2) is 16.4 Å². The van der Waals surface area contributed by atoms with Crippen LogP contribution in [-0.2, 0) is 25.6 Å². The van der Waals surface area contributed by atoms with E-state index >= 15 is 0 Å². The molecule has 1 nitrogen and oxygen atoms in total. The van der Waals surface area contributed by atoms with Gasteiger partial charge >= 0.3 is 0 Å². The van der Waals surface area contributed by atoms with Crippen LogP contribution in [0.15, 0.2) is 0 Å². The van der Waals surface area contributed by atoms with E-state index in [2.05, 4.69) is 0 Å². The molecular weight excluding hydrogens is 126 g/mol. The van der Waals surface area contributed by atoms with Crippen LogP contribution in [0.5, 0.6) is 0 Å². The molecular formula is C4H10NS2-. The van der Waals surface area contributed by atoms with Crippen LogP contribution >= 0.6 is 0 Å². The van der Waals surface area contributed by atoms with Crippen LogP contribution in [0, 0.1) is 0 Å². The van der Waals surface area contributed by atoms with E-state index in [1.54, 1.807) is 0 Å². The fourth-order valence-electron chi connectivity index (χ4n) is 0.224. The first-order valence-corrected chi connectivity index (χ1v) is 3.14. The molecule has 0 atom stereocenters. The molecule has 0 aliphatic heterocycles. The van der Waals surface area contributed by atoms with Gasteiger partial charge in [-0.3, -0.25) is 0 Å². The van der Waals surface area contributed by atoms with Gasteiger partial charge in [-0.05, 0) is 13.8 Å². The lowest BCUT2D eigenvalue weighted by atomic mass is 10.7. The first kappa shape index (κ1) is 7.66. The van der Waals surface area contributed by atoms with Crippen LogP contribution < -0.4 is 0 Å². The maximum absolute atomic E-state index is 4.90. The summed E-state index contributed by atoms with van der Waals surface area (Å²) in [6.07, 6.45) is 0. The monoisotopic (exact) mass is 136 g/mol. The third-order valence-electron chi connectivity index (χ3n) is 0.964. The van der Waals surface area contributed by atoms with Crippen LogP contribution in [0.4, 0.5) is 0 Å². The minimum atomic E-state index is 0.306. The zero-order valence-corrected chi connectivity index (χ0v) is 6.31. The third-order valence-corrected chi connectivity index (χ3v) is 2.00. The zero-order chi connectivity index (χ0) is 5.91. The van der Waals surface area contributed by atoms with Crippen molar-refractivity contribution in [2.75, 3.05) is 13.1 Å². The normalized spacial score (nSPS) is 12.0. The average Bonchev–Trinajstić information content (AvgIpc) is 1.68. The van der Waals surface area contributed by atoms with Gasteiger partial charge in [-0.25, -0.2) is 0 Å². The second-order valence-electron chi connectivity index (χ2n) is 1.45. The quantitative estimate of drug-likeness (QED) is 0.406. The van der Waals surface area contributed by atoms with E-state index in [-0.39, 0.29) is 0 Å². The van der Waals surface area contributed by atoms with Gasteiger partial charge in [0.2, 0.25) is 0 Å². The molecule has 7 heavy (non-hydrogen) atoms. The van der Waals surface area contributed by atoms with Crippen molar-refractivity contribution in [3.8, 4) is 0 Å². The zero-order valence-electron chi connectivity index (χ0n) is 4.68. The van der Waals surface area contributed by atoms with E-state index in [4.69, 9.17) is 25.6 Å². The summed E-state index contributed by atoms with van der Waals surface area (Å²) in [6, 6.07) is 0. The minimum absolute atomic E-state index is 0.306. The van der Waals surface area contributed by atoms with Crippen molar-refractivity contribution in [1.29, 1.82) is 0 Å². The molecule has 0 aromatic heterocycles. The standard InChI is InChI=1S/C4H10NS2/c1-3-5(6,7)4-2/h3-4H2,1-2H3/q-1. The van der Waals surface area contributed by atoms with Gasteiger partial charge in [0.05, 0.1) is 0 Å². The van der Waals surface area contributed by atoms with Crippen molar-refractivity contribution in [3.05, 3.63) is 0 Å². The van der Waals surface area contributed by atoms with Gasteiger partial charge in [-0.1, -0.05) is 0 Å². The van der Waals surface area contributed by atoms with Gasteiger partial charge in [0.1, 0.15) is 0 Å². The summed E-state index contributed by atoms with van der Waals surface area (Å²) in [4.78, 5) is 0. The maximum atomic E-state index is 4.90. The lowest BCUT2D eigenvalue weighted by molar-refractivity contribution is -0.639. The van der Waals surface area contributed by atoms with Crippen molar-refractivity contribution < 1.29 is 3.29 Å². The number of hydrogen-bond acceptors (Lipinski definition) is 2. The lowest BCUT2D eigenvalue weighted by Gasteiger charge is -2.49. The highest BCUT2D eigenvalue weighted by atomic mass is 32.2. The molecule has 0 aromatic carbocycles. The summed E-state index contributed by atoms with van der Waals surface area (Å²) in [6.45, 7) is 5.73. The minimum Gasteiger partial charge on any atom is -0.550 e. The summed E-state index contributed by atoms with van der Waals surface area (Å²) >= 11 is 9.80. The molecule has 0 radical (unpaired) electrons. The Balaban J connectivity index is 3.36. The predicted molar refractivity (Wildman–Crippen MR) is 36.1 cm³/mol. The fourth-order valence-corrected chi connectivity index (χ4v) is 0.224. The highest BCUT2D eigenvalue weighted by Crippen LogP contribution is 1.95. The summed E-state index contributed by atoms with van der Waals surface area (Å²) in [5, 5.41) is 0. The Labute approximate surface area is 56.4 Å². The summed E-state index contributed by atoms with van der Waals surface area (Å²) in [5.41, 5.74) is 0. The van der Waals surface area contributed by atoms with Crippen LogP contribution in [0.25, 0.3) is 0 Å². The van der Waals surface area contributed by atoms with E-state index in [0.29, 0.717) is 3.29 Å². The van der Waals surface area contributed by atoms with E-state index in [0.717, 1.165) is 13.1 Å². The molecule has 0 fully saturated rings. The van der Waals surface area contributed by atoms with Gasteiger partial charge in [0.15, 0.2) is 0 Å². The molecule has 0 rings (SSSR count). The van der Waals surface area contributed by atoms with E-state index < -0.39 is 0 Å². The topological polar surface area (TPSA) is 0 Å². The first-order chi connectivity index (χ1) is 3.12. The fraction of sp³-hybridized carbons (Fsp3) is 1.00. The van der Waals surface area contributed by atoms with Gasteiger partial charge in [-0.2, -0.15) is 0 Å². The molecule has 0 saturated carbocycles. The second-order valence-corrected chi connectivity index (χ2v) is 3.08. The molecule has 0 bridgehead atoms. The largest absolute Gasteiger partial charge is 0.550 e. The highest BCUT2D eigenvalue weighted by molar-refractivity contribution is 7.65. The molecule has 0 N–H and O–H groups in total. The highest BCUT2D eigenvalue weighted by Gasteiger charge is 1.86. The predicted octanol–water partition coefficient (Wildman–Crippen LogP) is 0.767. The summed E-state index contributed by atoms with van der Waals surface area (Å²) < 4.78 is 0.306. The Morgan fingerprint density at radius 2 is 1.43 bits per heavy atom. The van der Waals surface area contributed by atoms with Crippen LogP contribution in [0.2, 0.25) is 0 Å². The number of nitrogens with zero attached hydrogens (tertiary/aromatic N) is 1. The summed E-state index contributed by atoms with van der Waals surface area (Å²) in [5.74, 6) is 0. The van der Waals surface area contributed by atoms with E-state index in [9.17, 15) is 0 Å². The molecule has 3 heteroatoms. The van der Waals surface area contributed by atoms with Gasteiger partial charge < -0.3 is 28.9 Å². The molecule has 44 valence electrons. The molecule has 0 amide bonds. The Bertz CT molecular complexity index is 47.7. The van der Waals surface area contributed by atoms with Gasteiger partial charge in [0, 0.05) is 13.1 Å². The Morgan fingerprint density at radius 3 is 1.43 bits per heavy atom. The van der Waals surface area contributed by atoms with E-state index in [1.807, 2.05) is 13.8 Å². The molecule has 0 aliphatic rings. The molecule has 0 aromatic rings. The lowest BCUT2D eigenvalue weighted by Crippen LogP contribution is -2.34. The maximum Gasteiger partial charge on any atom is 0.0434 e. The molecule has 0 spiro atoms. The van der Waals surface area contributed by atoms with Crippen LogP contribution in [0.3, 0.4) is 0 Å². The third kappa shape index (κ3) is 3.26. The van der Waals surface area contributed by atoms with Crippen molar-refractivity contribution in [1.82, 2.24) is 0 Å². The molecule has 0 heterocycles. The Morgan fingerprint density at radius 1 is 1.14 bits per heavy atom. The van der Waals surface area contributed by atoms with Gasteiger partial charge in [-0.15, -0.1) is 0 Å².